The van der Waals surface area contributed by atoms with E-state index in [0.717, 1.165) is 5.69 Å². The molecule has 0 fully saturated rings. The lowest BCUT2D eigenvalue weighted by Gasteiger charge is -2.06. The fourth-order valence-electron chi connectivity index (χ4n) is 1.39. The first-order valence-corrected chi connectivity index (χ1v) is 5.68. The summed E-state index contributed by atoms with van der Waals surface area (Å²) >= 11 is 0. The second kappa shape index (κ2) is 5.85. The van der Waals surface area contributed by atoms with Gasteiger partial charge in [0.2, 0.25) is 5.88 Å². The predicted molar refractivity (Wildman–Crippen MR) is 65.6 cm³/mol. The van der Waals surface area contributed by atoms with Gasteiger partial charge in [-0.05, 0) is 6.42 Å². The maximum Gasteiger partial charge on any atom is 0.341 e. The molecule has 0 spiro atoms. The minimum Gasteiger partial charge on any atom is -0.479 e. The number of carboxylic acids is 1. The van der Waals surface area contributed by atoms with Gasteiger partial charge >= 0.3 is 5.97 Å². The second-order valence-corrected chi connectivity index (χ2v) is 3.65. The number of aromatic nitrogens is 4. The van der Waals surface area contributed by atoms with Gasteiger partial charge in [-0.1, -0.05) is 6.92 Å². The highest BCUT2D eigenvalue weighted by atomic mass is 16.5. The first-order valence-electron chi connectivity index (χ1n) is 5.68. The highest BCUT2D eigenvalue weighted by Gasteiger charge is 2.09. The molecule has 0 atom stereocenters. The summed E-state index contributed by atoms with van der Waals surface area (Å²) in [5.74, 6) is -0.472. The zero-order chi connectivity index (χ0) is 13.7. The molecule has 7 heteroatoms. The van der Waals surface area contributed by atoms with Crippen LogP contribution >= 0.6 is 0 Å². The molecule has 0 aromatic carbocycles. The van der Waals surface area contributed by atoms with Crippen LogP contribution in [-0.2, 0) is 11.2 Å². The molecule has 7 nitrogen and oxygen atoms in total. The number of aryl methyl sites for hydroxylation is 1. The Morgan fingerprint density at radius 2 is 2.21 bits per heavy atom. The average Bonchev–Trinajstić information content (AvgIpc) is 2.45. The first kappa shape index (κ1) is 12.9. The molecule has 98 valence electrons. The molecule has 0 radical (unpaired) electrons. The second-order valence-electron chi connectivity index (χ2n) is 3.65. The number of nitrogens with zero attached hydrogens (tertiary/aromatic N) is 4. The Balaban J connectivity index is 2.33. The van der Waals surface area contributed by atoms with E-state index in [0.29, 0.717) is 17.9 Å². The van der Waals surface area contributed by atoms with Gasteiger partial charge < -0.3 is 9.84 Å². The van der Waals surface area contributed by atoms with Crippen LogP contribution in [0, 0.1) is 0 Å². The Bertz CT molecular complexity index is 574. The van der Waals surface area contributed by atoms with Crippen LogP contribution in [0.3, 0.4) is 0 Å². The highest BCUT2D eigenvalue weighted by Crippen LogP contribution is 2.16. The van der Waals surface area contributed by atoms with Crippen molar-refractivity contribution in [2.24, 2.45) is 0 Å². The maximum atomic E-state index is 10.5. The Hall–Kier alpha value is -2.57. The van der Waals surface area contributed by atoms with Gasteiger partial charge in [-0.25, -0.2) is 14.8 Å². The topological polar surface area (TPSA) is 98.1 Å². The smallest absolute Gasteiger partial charge is 0.341 e. The van der Waals surface area contributed by atoms with Crippen LogP contribution in [-0.4, -0.2) is 37.6 Å². The van der Waals surface area contributed by atoms with Gasteiger partial charge in [0, 0.05) is 24.2 Å². The van der Waals surface area contributed by atoms with E-state index in [2.05, 4.69) is 19.9 Å². The highest BCUT2D eigenvalue weighted by molar-refractivity contribution is 5.68. The lowest BCUT2D eigenvalue weighted by molar-refractivity contribution is -0.139. The minimum atomic E-state index is -1.06. The van der Waals surface area contributed by atoms with Crippen molar-refractivity contribution >= 4 is 5.97 Å². The summed E-state index contributed by atoms with van der Waals surface area (Å²) in [6.07, 6.45) is 5.30. The molecular weight excluding hydrogens is 248 g/mol. The molecule has 0 aliphatic heterocycles. The van der Waals surface area contributed by atoms with Gasteiger partial charge in [0.25, 0.3) is 0 Å². The predicted octanol–water partition coefficient (Wildman–Crippen LogP) is 0.959. The van der Waals surface area contributed by atoms with E-state index < -0.39 is 12.6 Å². The minimum absolute atomic E-state index is 0.218. The molecule has 0 aliphatic carbocycles. The third-order valence-corrected chi connectivity index (χ3v) is 2.25. The maximum absolute atomic E-state index is 10.5. The molecule has 0 saturated carbocycles. The van der Waals surface area contributed by atoms with Crippen molar-refractivity contribution in [1.29, 1.82) is 0 Å². The van der Waals surface area contributed by atoms with Crippen LogP contribution in [0.5, 0.6) is 5.88 Å². The molecule has 0 amide bonds. The molecule has 2 aromatic rings. The summed E-state index contributed by atoms with van der Waals surface area (Å²) in [7, 11) is 0. The van der Waals surface area contributed by atoms with E-state index in [1.165, 1.54) is 12.4 Å². The number of carboxylic acid groups (broad SMARTS) is 1. The third-order valence-electron chi connectivity index (χ3n) is 2.25. The van der Waals surface area contributed by atoms with Crippen molar-refractivity contribution in [2.45, 2.75) is 13.3 Å². The lowest BCUT2D eigenvalue weighted by Crippen LogP contribution is -2.11. The van der Waals surface area contributed by atoms with Gasteiger partial charge in [-0.15, -0.1) is 0 Å². The fraction of sp³-hybridized carbons (Fsp3) is 0.250. The van der Waals surface area contributed by atoms with E-state index in [9.17, 15) is 4.79 Å². The molecular formula is C12H12N4O3. The van der Waals surface area contributed by atoms with Crippen LogP contribution in [0.15, 0.2) is 24.7 Å². The largest absolute Gasteiger partial charge is 0.479 e. The van der Waals surface area contributed by atoms with Crippen molar-refractivity contribution in [3.05, 3.63) is 30.4 Å². The Morgan fingerprint density at radius 3 is 2.84 bits per heavy atom. The molecule has 2 aromatic heterocycles. The number of hydrogen-bond acceptors (Lipinski definition) is 6. The van der Waals surface area contributed by atoms with Crippen molar-refractivity contribution in [2.75, 3.05) is 6.61 Å². The summed E-state index contributed by atoms with van der Waals surface area (Å²) in [4.78, 5) is 27.0. The molecule has 19 heavy (non-hydrogen) atoms. The molecule has 0 unspecified atom stereocenters. The Morgan fingerprint density at radius 1 is 1.37 bits per heavy atom. The number of carbonyl (C=O) groups is 1. The zero-order valence-electron chi connectivity index (χ0n) is 10.3. The van der Waals surface area contributed by atoms with Crippen molar-refractivity contribution < 1.29 is 14.6 Å². The van der Waals surface area contributed by atoms with Gasteiger partial charge in [-0.3, -0.25) is 4.98 Å². The summed E-state index contributed by atoms with van der Waals surface area (Å²) < 4.78 is 5.07. The van der Waals surface area contributed by atoms with Gasteiger partial charge in [0.05, 0.1) is 6.20 Å². The Labute approximate surface area is 109 Å². The molecule has 2 heterocycles. The van der Waals surface area contributed by atoms with Crippen LogP contribution < -0.4 is 4.74 Å². The third kappa shape index (κ3) is 3.44. The number of rotatable bonds is 5. The number of ether oxygens (including phenoxy) is 1. The van der Waals surface area contributed by atoms with Crippen LogP contribution in [0.4, 0.5) is 0 Å². The summed E-state index contributed by atoms with van der Waals surface area (Å²) in [5.41, 5.74) is 1.26. The SMILES string of the molecule is CCc1cc(OCC(=O)O)nc(-c2cnccn2)n1. The standard InChI is InChI=1S/C12H12N4O3/c1-2-8-5-10(19-7-11(17)18)16-12(15-8)9-6-13-3-4-14-9/h3-6H,2,7H2,1H3,(H,17,18). The van der Waals surface area contributed by atoms with E-state index in [-0.39, 0.29) is 5.88 Å². The first-order chi connectivity index (χ1) is 9.19. The van der Waals surface area contributed by atoms with Crippen molar-refractivity contribution in [1.82, 2.24) is 19.9 Å². The van der Waals surface area contributed by atoms with E-state index in [1.54, 1.807) is 12.3 Å². The summed E-state index contributed by atoms with van der Waals surface area (Å²) in [6.45, 7) is 1.49. The number of hydrogen-bond donors (Lipinski definition) is 1. The molecule has 0 bridgehead atoms. The average molecular weight is 260 g/mol. The van der Waals surface area contributed by atoms with Gasteiger partial charge in [-0.2, -0.15) is 4.98 Å². The summed E-state index contributed by atoms with van der Waals surface area (Å²) in [5, 5.41) is 8.60. The van der Waals surface area contributed by atoms with Crippen LogP contribution in [0.2, 0.25) is 0 Å². The normalized spacial score (nSPS) is 10.2. The fourth-order valence-corrected chi connectivity index (χ4v) is 1.39. The van der Waals surface area contributed by atoms with Crippen molar-refractivity contribution in [3.8, 4) is 17.4 Å². The van der Waals surface area contributed by atoms with Crippen LogP contribution in [0.25, 0.3) is 11.5 Å². The summed E-state index contributed by atoms with van der Waals surface area (Å²) in [6, 6.07) is 1.61. The van der Waals surface area contributed by atoms with Gasteiger partial charge in [0.1, 0.15) is 5.69 Å². The monoisotopic (exact) mass is 260 g/mol. The molecule has 1 N–H and O–H groups in total. The van der Waals surface area contributed by atoms with E-state index in [4.69, 9.17) is 9.84 Å². The lowest BCUT2D eigenvalue weighted by atomic mass is 10.3. The Kier molecular flexibility index (Phi) is 3.97. The van der Waals surface area contributed by atoms with E-state index in [1.807, 2.05) is 6.92 Å². The molecule has 2 rings (SSSR count). The zero-order valence-corrected chi connectivity index (χ0v) is 10.3. The number of aliphatic carboxylic acids is 1. The molecule has 0 saturated heterocycles. The van der Waals surface area contributed by atoms with E-state index >= 15 is 0 Å². The van der Waals surface area contributed by atoms with Gasteiger partial charge in [0.15, 0.2) is 12.4 Å². The molecule has 0 aliphatic rings. The van der Waals surface area contributed by atoms with Crippen LogP contribution in [0.1, 0.15) is 12.6 Å². The quantitative estimate of drug-likeness (QED) is 0.854. The van der Waals surface area contributed by atoms with Crippen molar-refractivity contribution in [3.63, 3.8) is 0 Å².